The highest BCUT2D eigenvalue weighted by Gasteiger charge is 2.11. The summed E-state index contributed by atoms with van der Waals surface area (Å²) in [5.74, 6) is -0.707. The molecule has 1 heterocycles. The first-order chi connectivity index (χ1) is 10.1. The smallest absolute Gasteiger partial charge is 0.173 e. The van der Waals surface area contributed by atoms with Crippen LogP contribution in [0.15, 0.2) is 35.6 Å². The number of aromatic nitrogens is 2. The molecule has 0 saturated carbocycles. The molecular formula is C14H18FN5O. The van der Waals surface area contributed by atoms with Crippen molar-refractivity contribution in [1.82, 2.24) is 15.1 Å². The maximum atomic E-state index is 14.1. The van der Waals surface area contributed by atoms with E-state index in [1.54, 1.807) is 16.8 Å². The molecule has 112 valence electrons. The lowest BCUT2D eigenvalue weighted by atomic mass is 10.1. The van der Waals surface area contributed by atoms with Gasteiger partial charge in [0.25, 0.3) is 0 Å². The first-order valence-electron chi connectivity index (χ1n) is 6.56. The van der Waals surface area contributed by atoms with Crippen molar-refractivity contribution in [3.63, 3.8) is 0 Å². The van der Waals surface area contributed by atoms with Crippen LogP contribution in [0, 0.1) is 5.82 Å². The highest BCUT2D eigenvalue weighted by atomic mass is 19.1. The van der Waals surface area contributed by atoms with E-state index in [4.69, 9.17) is 10.9 Å². The summed E-state index contributed by atoms with van der Waals surface area (Å²) < 4.78 is 15.9. The minimum Gasteiger partial charge on any atom is -0.409 e. The standard InChI is InChI=1S/C14H18FN5O/c1-20-8-6-11(18-20)5-7-17-9-10-3-2-4-12(13(10)15)14(16)19-21/h2-4,6,8,17,21H,5,7,9H2,1H3,(H2,16,19). The molecule has 0 aliphatic carbocycles. The lowest BCUT2D eigenvalue weighted by molar-refractivity contribution is 0.318. The highest BCUT2D eigenvalue weighted by Crippen LogP contribution is 2.12. The number of rotatable bonds is 6. The first kappa shape index (κ1) is 15.0. The number of nitrogens with zero attached hydrogens (tertiary/aromatic N) is 3. The quantitative estimate of drug-likeness (QED) is 0.243. The van der Waals surface area contributed by atoms with Gasteiger partial charge in [-0.1, -0.05) is 17.3 Å². The number of benzene rings is 1. The monoisotopic (exact) mass is 291 g/mol. The van der Waals surface area contributed by atoms with Gasteiger partial charge in [-0.05, 0) is 12.1 Å². The predicted octanol–water partition coefficient (Wildman–Crippen LogP) is 0.986. The Morgan fingerprint density at radius 2 is 2.29 bits per heavy atom. The van der Waals surface area contributed by atoms with Gasteiger partial charge in [0.2, 0.25) is 0 Å². The van der Waals surface area contributed by atoms with Crippen molar-refractivity contribution in [2.24, 2.45) is 17.9 Å². The van der Waals surface area contributed by atoms with Crippen molar-refractivity contribution in [2.45, 2.75) is 13.0 Å². The van der Waals surface area contributed by atoms with Gasteiger partial charge in [0.1, 0.15) is 5.82 Å². The molecule has 0 aliphatic rings. The molecule has 2 aromatic rings. The van der Waals surface area contributed by atoms with Crippen LogP contribution in [0.25, 0.3) is 0 Å². The van der Waals surface area contributed by atoms with Gasteiger partial charge in [-0.3, -0.25) is 4.68 Å². The Labute approximate surface area is 122 Å². The summed E-state index contributed by atoms with van der Waals surface area (Å²) in [4.78, 5) is 0. The van der Waals surface area contributed by atoms with E-state index in [0.717, 1.165) is 12.1 Å². The fourth-order valence-corrected chi connectivity index (χ4v) is 2.00. The summed E-state index contributed by atoms with van der Waals surface area (Å²) >= 11 is 0. The van der Waals surface area contributed by atoms with Gasteiger partial charge in [-0.25, -0.2) is 4.39 Å². The lowest BCUT2D eigenvalue weighted by Crippen LogP contribution is -2.20. The summed E-state index contributed by atoms with van der Waals surface area (Å²) in [5, 5.41) is 18.9. The third-order valence-electron chi connectivity index (χ3n) is 3.10. The molecule has 0 aliphatic heterocycles. The number of amidine groups is 1. The Morgan fingerprint density at radius 1 is 1.48 bits per heavy atom. The fraction of sp³-hybridized carbons (Fsp3) is 0.286. The maximum absolute atomic E-state index is 14.1. The van der Waals surface area contributed by atoms with E-state index in [0.29, 0.717) is 18.7 Å². The molecule has 2 rings (SSSR count). The van der Waals surface area contributed by atoms with Gasteiger partial charge in [0.15, 0.2) is 5.84 Å². The highest BCUT2D eigenvalue weighted by molar-refractivity contribution is 5.97. The SMILES string of the molecule is Cn1ccc(CCNCc2cccc(/C(N)=N/O)c2F)n1. The van der Waals surface area contributed by atoms with Crippen LogP contribution in [0.2, 0.25) is 0 Å². The fourth-order valence-electron chi connectivity index (χ4n) is 2.00. The van der Waals surface area contributed by atoms with Crippen LogP contribution in [0.1, 0.15) is 16.8 Å². The number of aryl methyl sites for hydroxylation is 1. The van der Waals surface area contributed by atoms with Crippen LogP contribution in [0.3, 0.4) is 0 Å². The molecule has 0 spiro atoms. The van der Waals surface area contributed by atoms with Gasteiger partial charge in [-0.2, -0.15) is 5.10 Å². The maximum Gasteiger partial charge on any atom is 0.173 e. The average molecular weight is 291 g/mol. The van der Waals surface area contributed by atoms with Crippen molar-refractivity contribution in [2.75, 3.05) is 6.54 Å². The molecule has 4 N–H and O–H groups in total. The Bertz CT molecular complexity index is 638. The Kier molecular flexibility index (Phi) is 4.89. The molecule has 0 radical (unpaired) electrons. The van der Waals surface area contributed by atoms with Crippen LogP contribution >= 0.6 is 0 Å². The normalized spacial score (nSPS) is 11.8. The summed E-state index contributed by atoms with van der Waals surface area (Å²) in [6.07, 6.45) is 2.65. The van der Waals surface area contributed by atoms with Crippen molar-refractivity contribution in [3.8, 4) is 0 Å². The number of oxime groups is 1. The van der Waals surface area contributed by atoms with E-state index >= 15 is 0 Å². The number of hydrogen-bond acceptors (Lipinski definition) is 4. The largest absolute Gasteiger partial charge is 0.409 e. The minimum atomic E-state index is -0.474. The molecule has 0 bridgehead atoms. The van der Waals surface area contributed by atoms with Crippen molar-refractivity contribution < 1.29 is 9.60 Å². The zero-order valence-electron chi connectivity index (χ0n) is 11.8. The van der Waals surface area contributed by atoms with Crippen LogP contribution in [0.4, 0.5) is 4.39 Å². The van der Waals surface area contributed by atoms with Crippen LogP contribution in [-0.4, -0.2) is 27.4 Å². The molecule has 7 heteroatoms. The third-order valence-corrected chi connectivity index (χ3v) is 3.10. The average Bonchev–Trinajstić information content (AvgIpc) is 2.90. The van der Waals surface area contributed by atoms with E-state index in [9.17, 15) is 4.39 Å². The van der Waals surface area contributed by atoms with Gasteiger partial charge in [-0.15, -0.1) is 0 Å². The van der Waals surface area contributed by atoms with Crippen molar-refractivity contribution in [1.29, 1.82) is 0 Å². The number of nitrogens with two attached hydrogens (primary N) is 1. The van der Waals surface area contributed by atoms with Gasteiger partial charge >= 0.3 is 0 Å². The lowest BCUT2D eigenvalue weighted by Gasteiger charge is -2.08. The topological polar surface area (TPSA) is 88.5 Å². The summed E-state index contributed by atoms with van der Waals surface area (Å²) in [6, 6.07) is 6.76. The summed E-state index contributed by atoms with van der Waals surface area (Å²) in [7, 11) is 1.87. The molecule has 0 saturated heterocycles. The first-order valence-corrected chi connectivity index (χ1v) is 6.56. The molecule has 0 amide bonds. The van der Waals surface area contributed by atoms with Gasteiger partial charge in [0.05, 0.1) is 11.3 Å². The Hall–Kier alpha value is -2.41. The second-order valence-electron chi connectivity index (χ2n) is 4.67. The van der Waals surface area contributed by atoms with E-state index < -0.39 is 5.82 Å². The minimum absolute atomic E-state index is 0.0986. The van der Waals surface area contributed by atoms with E-state index in [1.165, 1.54) is 6.07 Å². The molecule has 0 atom stereocenters. The Balaban J connectivity index is 1.91. The number of nitrogens with one attached hydrogen (secondary N) is 1. The predicted molar refractivity (Wildman–Crippen MR) is 77.5 cm³/mol. The molecule has 6 nitrogen and oxygen atoms in total. The Morgan fingerprint density at radius 3 is 2.95 bits per heavy atom. The van der Waals surface area contributed by atoms with E-state index in [2.05, 4.69) is 15.6 Å². The van der Waals surface area contributed by atoms with Gasteiger partial charge in [0, 0.05) is 38.3 Å². The van der Waals surface area contributed by atoms with E-state index in [1.807, 2.05) is 19.3 Å². The molecular weight excluding hydrogens is 273 g/mol. The van der Waals surface area contributed by atoms with E-state index in [-0.39, 0.29) is 11.4 Å². The van der Waals surface area contributed by atoms with Crippen molar-refractivity contribution >= 4 is 5.84 Å². The molecule has 0 fully saturated rings. The molecule has 0 unspecified atom stereocenters. The number of halogens is 1. The summed E-state index contributed by atoms with van der Waals surface area (Å²) in [5.41, 5.74) is 6.98. The molecule has 21 heavy (non-hydrogen) atoms. The molecule has 1 aromatic heterocycles. The zero-order chi connectivity index (χ0) is 15.2. The number of hydrogen-bond donors (Lipinski definition) is 3. The van der Waals surface area contributed by atoms with Crippen LogP contribution in [-0.2, 0) is 20.0 Å². The zero-order valence-corrected chi connectivity index (χ0v) is 11.8. The molecule has 1 aromatic carbocycles. The van der Waals surface area contributed by atoms with Gasteiger partial charge < -0.3 is 16.3 Å². The second-order valence-corrected chi connectivity index (χ2v) is 4.67. The van der Waals surface area contributed by atoms with Crippen LogP contribution < -0.4 is 11.1 Å². The second kappa shape index (κ2) is 6.85. The van der Waals surface area contributed by atoms with Crippen molar-refractivity contribution in [3.05, 3.63) is 53.1 Å². The third kappa shape index (κ3) is 3.79. The van der Waals surface area contributed by atoms with Crippen LogP contribution in [0.5, 0.6) is 0 Å². The summed E-state index contributed by atoms with van der Waals surface area (Å²) in [6.45, 7) is 1.05.